The third-order valence-corrected chi connectivity index (χ3v) is 14.6. The Bertz CT molecular complexity index is 1940. The third kappa shape index (κ3) is 10.1. The summed E-state index contributed by atoms with van der Waals surface area (Å²) >= 11 is 0. The highest BCUT2D eigenvalue weighted by Gasteiger charge is 2.40. The van der Waals surface area contributed by atoms with Crippen molar-refractivity contribution in [2.75, 3.05) is 41.9 Å². The molecule has 2 N–H and O–H groups in total. The lowest BCUT2D eigenvalue weighted by molar-refractivity contribution is 0.0564. The van der Waals surface area contributed by atoms with Crippen LogP contribution in [-0.4, -0.2) is 75.3 Å². The molecule has 3 amide bonds. The zero-order chi connectivity index (χ0) is 40.7. The van der Waals surface area contributed by atoms with Gasteiger partial charge in [-0.3, -0.25) is 15.5 Å². The minimum Gasteiger partial charge on any atom is -0.444 e. The van der Waals surface area contributed by atoms with Crippen molar-refractivity contribution in [1.82, 2.24) is 4.98 Å². The van der Waals surface area contributed by atoms with Crippen LogP contribution in [0.15, 0.2) is 30.5 Å². The molecule has 14 heteroatoms. The number of fused-ring (bicyclic) bond motifs is 2. The number of pyridine rings is 1. The van der Waals surface area contributed by atoms with Gasteiger partial charge in [0.1, 0.15) is 23.1 Å². The number of carbonyl (C=O) groups is 3. The fourth-order valence-corrected chi connectivity index (χ4v) is 7.49. The van der Waals surface area contributed by atoms with Crippen LogP contribution in [0.25, 0.3) is 21.9 Å². The largest absolute Gasteiger partial charge is 0.444 e. The first-order chi connectivity index (χ1) is 25.4. The van der Waals surface area contributed by atoms with Gasteiger partial charge in [-0.2, -0.15) is 0 Å². The van der Waals surface area contributed by atoms with Gasteiger partial charge in [-0.25, -0.2) is 23.8 Å². The first-order valence-electron chi connectivity index (χ1n) is 18.9. The van der Waals surface area contributed by atoms with E-state index >= 15 is 4.39 Å². The highest BCUT2D eigenvalue weighted by molar-refractivity contribution is 6.74. The summed E-state index contributed by atoms with van der Waals surface area (Å²) in [5.41, 5.74) is 1.14. The number of rotatable bonds is 7. The Morgan fingerprint density at radius 1 is 0.964 bits per heavy atom. The Kier molecular flexibility index (Phi) is 12.0. The van der Waals surface area contributed by atoms with Gasteiger partial charge in [0.05, 0.1) is 24.6 Å². The molecule has 3 aromatic rings. The standard InChI is InChI=1S/C41H57FN4O8Si/c1-24-29(14-13-26-17-25(22-51-55(11,12)41(8,9)10)21-46(35(24)26)38(49)54-40(5,6)7)30-18-27-19-32(44-36(47)52-28-15-16-50-23-28)43-20-31(27)34(33(30)42)45-37(48)53-39(2,3)4/h13-14,18-20,25,28H,15-17,21-23H2,1-12H3,(H,45,48)(H,43,44,47). The van der Waals surface area contributed by atoms with Crippen LogP contribution in [0.3, 0.4) is 0 Å². The molecule has 300 valence electrons. The van der Waals surface area contributed by atoms with E-state index in [0.29, 0.717) is 61.4 Å². The molecule has 0 bridgehead atoms. The smallest absolute Gasteiger partial charge is 0.414 e. The third-order valence-electron chi connectivity index (χ3n) is 10.1. The van der Waals surface area contributed by atoms with E-state index in [-0.39, 0.29) is 39.5 Å². The number of ether oxygens (including phenoxy) is 4. The van der Waals surface area contributed by atoms with Crippen LogP contribution in [0, 0.1) is 18.7 Å². The number of anilines is 3. The topological polar surface area (TPSA) is 138 Å². The fourth-order valence-electron chi connectivity index (χ4n) is 6.41. The van der Waals surface area contributed by atoms with Gasteiger partial charge in [-0.05, 0) is 107 Å². The lowest BCUT2D eigenvalue weighted by Crippen LogP contribution is -2.47. The van der Waals surface area contributed by atoms with Crippen LogP contribution in [0.4, 0.5) is 36.0 Å². The zero-order valence-electron chi connectivity index (χ0n) is 34.3. The number of halogens is 1. The molecule has 55 heavy (non-hydrogen) atoms. The van der Waals surface area contributed by atoms with Crippen molar-refractivity contribution < 1.29 is 42.1 Å². The SMILES string of the molecule is Cc1c(-c2cc3cc(NC(=O)OC4CCOC4)ncc3c(NC(=O)OC(C)(C)C)c2F)ccc2c1N(C(=O)OC(C)(C)C)CC(CO[Si](C)(C)C(C)(C)C)C2. The quantitative estimate of drug-likeness (QED) is 0.177. The maximum absolute atomic E-state index is 17.0. The molecule has 2 aliphatic heterocycles. The molecule has 0 saturated carbocycles. The average molecular weight is 781 g/mol. The minimum atomic E-state index is -2.07. The number of aromatic nitrogens is 1. The van der Waals surface area contributed by atoms with Crippen molar-refractivity contribution in [3.05, 3.63) is 47.4 Å². The second-order valence-corrected chi connectivity index (χ2v) is 22.8. The van der Waals surface area contributed by atoms with E-state index in [1.807, 2.05) is 39.8 Å². The first kappa shape index (κ1) is 41.9. The molecule has 3 heterocycles. The molecule has 1 saturated heterocycles. The molecular weight excluding hydrogens is 724 g/mol. The second kappa shape index (κ2) is 15.7. The summed E-state index contributed by atoms with van der Waals surface area (Å²) in [6, 6.07) is 6.97. The van der Waals surface area contributed by atoms with E-state index in [4.69, 9.17) is 23.4 Å². The van der Waals surface area contributed by atoms with Crippen LogP contribution >= 0.6 is 0 Å². The maximum atomic E-state index is 17.0. The summed E-state index contributed by atoms with van der Waals surface area (Å²) in [5.74, 6) is -0.543. The number of carbonyl (C=O) groups excluding carboxylic acids is 3. The predicted octanol–water partition coefficient (Wildman–Crippen LogP) is 9.97. The summed E-state index contributed by atoms with van der Waals surface area (Å²) in [6.07, 6.45) is 0.209. The Morgan fingerprint density at radius 3 is 2.27 bits per heavy atom. The van der Waals surface area contributed by atoms with Crippen LogP contribution in [0.1, 0.15) is 79.9 Å². The van der Waals surface area contributed by atoms with E-state index in [2.05, 4.69) is 49.5 Å². The zero-order valence-corrected chi connectivity index (χ0v) is 35.3. The summed E-state index contributed by atoms with van der Waals surface area (Å²) in [4.78, 5) is 45.7. The van der Waals surface area contributed by atoms with E-state index in [1.165, 1.54) is 6.20 Å². The molecule has 0 radical (unpaired) electrons. The molecule has 0 aliphatic carbocycles. The van der Waals surface area contributed by atoms with Crippen LogP contribution in [0.2, 0.25) is 18.1 Å². The molecule has 5 rings (SSSR count). The van der Waals surface area contributed by atoms with Crippen molar-refractivity contribution in [1.29, 1.82) is 0 Å². The molecule has 1 fully saturated rings. The van der Waals surface area contributed by atoms with E-state index in [0.717, 1.165) is 5.56 Å². The van der Waals surface area contributed by atoms with E-state index in [1.54, 1.807) is 37.8 Å². The Labute approximate surface area is 324 Å². The highest BCUT2D eigenvalue weighted by atomic mass is 28.4. The molecule has 0 spiro atoms. The number of hydrogen-bond donors (Lipinski definition) is 2. The Hall–Kier alpha value is -4.27. The summed E-state index contributed by atoms with van der Waals surface area (Å²) < 4.78 is 45.7. The number of nitrogens with one attached hydrogen (secondary N) is 2. The van der Waals surface area contributed by atoms with Crippen molar-refractivity contribution in [3.8, 4) is 11.1 Å². The number of amides is 3. The van der Waals surface area contributed by atoms with E-state index in [9.17, 15) is 14.4 Å². The lowest BCUT2D eigenvalue weighted by atomic mass is 9.87. The molecular formula is C41H57FN4O8Si. The van der Waals surface area contributed by atoms with Crippen LogP contribution < -0.4 is 15.5 Å². The molecule has 2 aromatic carbocycles. The summed E-state index contributed by atoms with van der Waals surface area (Å²) in [7, 11) is -2.07. The van der Waals surface area contributed by atoms with Crippen molar-refractivity contribution >= 4 is 54.6 Å². The summed E-state index contributed by atoms with van der Waals surface area (Å²) in [6.45, 7) is 25.1. The van der Waals surface area contributed by atoms with Crippen molar-refractivity contribution in [2.45, 2.75) is 118 Å². The highest BCUT2D eigenvalue weighted by Crippen LogP contribution is 2.43. The van der Waals surface area contributed by atoms with Crippen molar-refractivity contribution in [2.24, 2.45) is 5.92 Å². The maximum Gasteiger partial charge on any atom is 0.414 e. The Balaban J connectivity index is 1.59. The monoisotopic (exact) mass is 780 g/mol. The van der Waals surface area contributed by atoms with Gasteiger partial charge in [0, 0.05) is 42.6 Å². The van der Waals surface area contributed by atoms with Gasteiger partial charge >= 0.3 is 18.3 Å². The number of nitrogens with zero attached hydrogens (tertiary/aromatic N) is 2. The number of hydrogen-bond acceptors (Lipinski definition) is 9. The van der Waals surface area contributed by atoms with Gasteiger partial charge in [0.25, 0.3) is 0 Å². The molecule has 12 nitrogen and oxygen atoms in total. The van der Waals surface area contributed by atoms with Gasteiger partial charge in [0.15, 0.2) is 14.1 Å². The fraction of sp³-hybridized carbons (Fsp3) is 0.561. The first-order valence-corrected chi connectivity index (χ1v) is 21.8. The lowest BCUT2D eigenvalue weighted by Gasteiger charge is -2.40. The minimum absolute atomic E-state index is 0.00716. The van der Waals surface area contributed by atoms with Gasteiger partial charge in [-0.15, -0.1) is 0 Å². The molecule has 1 aromatic heterocycles. The average Bonchev–Trinajstić information content (AvgIpc) is 3.55. The van der Waals surface area contributed by atoms with Gasteiger partial charge in [-0.1, -0.05) is 32.9 Å². The van der Waals surface area contributed by atoms with E-state index < -0.39 is 43.6 Å². The van der Waals surface area contributed by atoms with Crippen LogP contribution in [-0.2, 0) is 29.8 Å². The predicted molar refractivity (Wildman–Crippen MR) is 215 cm³/mol. The normalized spacial score (nSPS) is 17.8. The molecule has 2 unspecified atom stereocenters. The Morgan fingerprint density at radius 2 is 1.65 bits per heavy atom. The van der Waals surface area contributed by atoms with Gasteiger partial charge < -0.3 is 23.4 Å². The van der Waals surface area contributed by atoms with Crippen LogP contribution in [0.5, 0.6) is 0 Å². The number of benzene rings is 2. The molecule has 2 aliphatic rings. The molecule has 2 atom stereocenters. The van der Waals surface area contributed by atoms with Gasteiger partial charge in [0.2, 0.25) is 0 Å². The summed E-state index contributed by atoms with van der Waals surface area (Å²) in [5, 5.41) is 6.04. The second-order valence-electron chi connectivity index (χ2n) is 18.0. The van der Waals surface area contributed by atoms with Crippen molar-refractivity contribution in [3.63, 3.8) is 0 Å².